The summed E-state index contributed by atoms with van der Waals surface area (Å²) in [7, 11) is 3.24. The molecule has 1 amide bonds. The largest absolute Gasteiger partial charge is 0.497 e. The molecule has 0 spiro atoms. The Labute approximate surface area is 204 Å². The highest BCUT2D eigenvalue weighted by molar-refractivity contribution is 8.14. The number of carboxylic acids is 1. The van der Waals surface area contributed by atoms with Gasteiger partial charge in [0.2, 0.25) is 0 Å². The molecule has 1 N–H and O–H groups in total. The van der Waals surface area contributed by atoms with Gasteiger partial charge in [-0.3, -0.25) is 14.7 Å². The lowest BCUT2D eigenvalue weighted by atomic mass is 9.87. The van der Waals surface area contributed by atoms with Gasteiger partial charge in [0.25, 0.3) is 0 Å². The number of carbonyl (C=O) groups excluding carboxylic acids is 1. The highest BCUT2D eigenvalue weighted by atomic mass is 32.2. The first kappa shape index (κ1) is 26.3. The first-order valence-electron chi connectivity index (χ1n) is 11.3. The number of fused-ring (bicyclic) bond motifs is 1. The molecule has 188 valence electrons. The maximum absolute atomic E-state index is 12.6. The Morgan fingerprint density at radius 1 is 1.24 bits per heavy atom. The maximum Gasteiger partial charge on any atom is 0.416 e. The summed E-state index contributed by atoms with van der Waals surface area (Å²) in [4.78, 5) is 29.9. The van der Waals surface area contributed by atoms with E-state index in [-0.39, 0.29) is 36.0 Å². The van der Waals surface area contributed by atoms with E-state index in [1.165, 1.54) is 16.7 Å². The van der Waals surface area contributed by atoms with Crippen molar-refractivity contribution in [2.45, 2.75) is 76.4 Å². The minimum Gasteiger partial charge on any atom is -0.497 e. The zero-order chi connectivity index (χ0) is 25.0. The number of aliphatic carboxylic acids is 1. The van der Waals surface area contributed by atoms with E-state index in [1.54, 1.807) is 14.2 Å². The second-order valence-corrected chi connectivity index (χ2v) is 10.6. The summed E-state index contributed by atoms with van der Waals surface area (Å²) in [6.45, 7) is 7.79. The highest BCUT2D eigenvalue weighted by Crippen LogP contribution is 2.42. The lowest BCUT2D eigenvalue weighted by molar-refractivity contribution is -0.148. The van der Waals surface area contributed by atoms with Crippen LogP contribution in [0.1, 0.15) is 46.1 Å². The standard InChI is InChI=1S/C24H34N2O7S/c1-14-17(11-12-18(27)28)32-21-19(20(14)31-13-15-7-9-16(30-6)10-8-15)25-22(34-21)26(5)23(29)33-24(2,3)4/h7-10,14,17,19-21H,11-13H2,1-6H3,(H,27,28)/t14-,17-,19-,20+,21-/m1/s1. The third-order valence-electron chi connectivity index (χ3n) is 5.71. The zero-order valence-electron chi connectivity index (χ0n) is 20.5. The first-order valence-corrected chi connectivity index (χ1v) is 12.2. The minimum absolute atomic E-state index is 0.00772. The molecule has 1 aromatic rings. The molecule has 0 bridgehead atoms. The molecule has 1 aromatic carbocycles. The molecule has 2 aliphatic rings. The van der Waals surface area contributed by atoms with Crippen LogP contribution in [0, 0.1) is 5.92 Å². The van der Waals surface area contributed by atoms with Gasteiger partial charge in [0.15, 0.2) is 5.17 Å². The molecule has 1 saturated heterocycles. The lowest BCUT2D eigenvalue weighted by Gasteiger charge is -2.41. The second kappa shape index (κ2) is 11.0. The SMILES string of the molecule is COc1ccc(CO[C@H]2[C@H](C)[C@@H](CCC(=O)O)O[C@@H]3SC(N(C)C(=O)OC(C)(C)C)=N[C@H]23)cc1. The summed E-state index contributed by atoms with van der Waals surface area (Å²) in [5.74, 6) is -0.188. The van der Waals surface area contributed by atoms with Crippen molar-refractivity contribution in [3.05, 3.63) is 29.8 Å². The van der Waals surface area contributed by atoms with Gasteiger partial charge >= 0.3 is 12.1 Å². The van der Waals surface area contributed by atoms with Crippen LogP contribution in [0.4, 0.5) is 4.79 Å². The highest BCUT2D eigenvalue weighted by Gasteiger charge is 2.49. The van der Waals surface area contributed by atoms with E-state index in [0.29, 0.717) is 18.2 Å². The van der Waals surface area contributed by atoms with E-state index >= 15 is 0 Å². The van der Waals surface area contributed by atoms with Gasteiger partial charge in [0.05, 0.1) is 25.9 Å². The molecule has 0 radical (unpaired) electrons. The Hall–Kier alpha value is -2.30. The minimum atomic E-state index is -0.866. The molecule has 10 heteroatoms. The monoisotopic (exact) mass is 494 g/mol. The quantitative estimate of drug-likeness (QED) is 0.603. The van der Waals surface area contributed by atoms with Crippen LogP contribution in [0.2, 0.25) is 0 Å². The molecule has 2 aliphatic heterocycles. The molecular weight excluding hydrogens is 460 g/mol. The number of amidine groups is 1. The predicted octanol–water partition coefficient (Wildman–Crippen LogP) is 4.14. The topological polar surface area (TPSA) is 107 Å². The van der Waals surface area contributed by atoms with Crippen LogP contribution in [-0.4, -0.2) is 70.7 Å². The fourth-order valence-corrected chi connectivity index (χ4v) is 5.06. The average molecular weight is 495 g/mol. The number of carboxylic acid groups (broad SMARTS) is 1. The summed E-state index contributed by atoms with van der Waals surface area (Å²) < 4.78 is 23.3. The van der Waals surface area contributed by atoms with Crippen LogP contribution in [0.3, 0.4) is 0 Å². The first-order chi connectivity index (χ1) is 16.0. The molecule has 2 heterocycles. The Kier molecular flexibility index (Phi) is 8.48. The van der Waals surface area contributed by atoms with Gasteiger partial charge in [0, 0.05) is 19.4 Å². The summed E-state index contributed by atoms with van der Waals surface area (Å²) in [6, 6.07) is 7.30. The van der Waals surface area contributed by atoms with Gasteiger partial charge in [-0.15, -0.1) is 0 Å². The molecule has 0 unspecified atom stereocenters. The number of nitrogens with zero attached hydrogens (tertiary/aromatic N) is 2. The molecule has 0 aliphatic carbocycles. The number of amides is 1. The Morgan fingerprint density at radius 2 is 1.91 bits per heavy atom. The number of aliphatic imine (C=N–C) groups is 1. The normalized spacial score (nSPS) is 26.4. The van der Waals surface area contributed by atoms with Gasteiger partial charge in [-0.25, -0.2) is 4.79 Å². The van der Waals surface area contributed by atoms with E-state index in [0.717, 1.165) is 11.3 Å². The number of hydrogen-bond acceptors (Lipinski definition) is 8. The van der Waals surface area contributed by atoms with E-state index in [9.17, 15) is 9.59 Å². The number of benzene rings is 1. The maximum atomic E-state index is 12.6. The molecule has 3 rings (SSSR count). The number of thioether (sulfide) groups is 1. The number of rotatable bonds is 7. The molecule has 34 heavy (non-hydrogen) atoms. The van der Waals surface area contributed by atoms with Gasteiger partial charge in [-0.05, 0) is 44.9 Å². The van der Waals surface area contributed by atoms with Crippen molar-refractivity contribution in [2.75, 3.05) is 14.2 Å². The second-order valence-electron chi connectivity index (χ2n) is 9.52. The van der Waals surface area contributed by atoms with Gasteiger partial charge < -0.3 is 24.1 Å². The van der Waals surface area contributed by atoms with E-state index < -0.39 is 17.7 Å². The number of ether oxygens (including phenoxy) is 4. The van der Waals surface area contributed by atoms with Crippen molar-refractivity contribution in [3.8, 4) is 5.75 Å². The summed E-state index contributed by atoms with van der Waals surface area (Å²) in [5, 5.41) is 9.66. The van der Waals surface area contributed by atoms with Crippen LogP contribution in [0.25, 0.3) is 0 Å². The Balaban J connectivity index is 1.77. The van der Waals surface area contributed by atoms with Gasteiger partial charge in [-0.1, -0.05) is 30.8 Å². The zero-order valence-corrected chi connectivity index (χ0v) is 21.3. The third-order valence-corrected chi connectivity index (χ3v) is 6.92. The predicted molar refractivity (Wildman–Crippen MR) is 129 cm³/mol. The smallest absolute Gasteiger partial charge is 0.416 e. The van der Waals surface area contributed by atoms with Crippen molar-refractivity contribution in [1.82, 2.24) is 4.90 Å². The van der Waals surface area contributed by atoms with Crippen molar-refractivity contribution >= 4 is 29.0 Å². The van der Waals surface area contributed by atoms with Crippen LogP contribution in [0.15, 0.2) is 29.3 Å². The van der Waals surface area contributed by atoms with Crippen LogP contribution in [0.5, 0.6) is 5.75 Å². The van der Waals surface area contributed by atoms with E-state index in [2.05, 4.69) is 0 Å². The fourth-order valence-electron chi connectivity index (χ4n) is 3.88. The van der Waals surface area contributed by atoms with Crippen LogP contribution in [-0.2, 0) is 25.6 Å². The van der Waals surface area contributed by atoms with Crippen molar-refractivity contribution in [1.29, 1.82) is 0 Å². The molecule has 5 atom stereocenters. The fraction of sp³-hybridized carbons (Fsp3) is 0.625. The Morgan fingerprint density at radius 3 is 2.50 bits per heavy atom. The molecule has 1 fully saturated rings. The third kappa shape index (κ3) is 6.64. The van der Waals surface area contributed by atoms with Crippen molar-refractivity contribution < 1.29 is 33.6 Å². The number of methoxy groups -OCH3 is 1. The van der Waals surface area contributed by atoms with Crippen molar-refractivity contribution in [3.63, 3.8) is 0 Å². The van der Waals surface area contributed by atoms with E-state index in [4.69, 9.17) is 29.0 Å². The number of carbonyl (C=O) groups is 2. The molecule has 0 saturated carbocycles. The summed E-state index contributed by atoms with van der Waals surface area (Å²) in [5.41, 5.74) is -0.0200. The Bertz CT molecular complexity index is 900. The lowest BCUT2D eigenvalue weighted by Crippen LogP contribution is -2.51. The average Bonchev–Trinajstić information content (AvgIpc) is 3.19. The van der Waals surface area contributed by atoms with Crippen molar-refractivity contribution in [2.24, 2.45) is 10.9 Å². The molecule has 0 aromatic heterocycles. The van der Waals surface area contributed by atoms with Gasteiger partial charge in [0.1, 0.15) is 22.8 Å². The summed E-state index contributed by atoms with van der Waals surface area (Å²) in [6.07, 6.45) is -0.722. The molecule has 9 nitrogen and oxygen atoms in total. The van der Waals surface area contributed by atoms with Crippen LogP contribution >= 0.6 is 11.8 Å². The number of hydrogen-bond donors (Lipinski definition) is 1. The summed E-state index contributed by atoms with van der Waals surface area (Å²) >= 11 is 1.34. The van der Waals surface area contributed by atoms with E-state index in [1.807, 2.05) is 52.0 Å². The molecular formula is C24H34N2O7S. The van der Waals surface area contributed by atoms with Crippen LogP contribution < -0.4 is 4.74 Å². The van der Waals surface area contributed by atoms with Gasteiger partial charge in [-0.2, -0.15) is 0 Å².